The second kappa shape index (κ2) is 9.03. The number of ether oxygens (including phenoxy) is 2. The van der Waals surface area contributed by atoms with Crippen molar-refractivity contribution in [3.05, 3.63) is 59.7 Å². The van der Waals surface area contributed by atoms with Gasteiger partial charge in [-0.25, -0.2) is 9.59 Å². The van der Waals surface area contributed by atoms with Crippen molar-refractivity contribution in [2.24, 2.45) is 0 Å². The standard InChI is InChI=1S/C21H24N2O5/c1-14-6-5-7-17(12-14)22-18(24)13-27-19(25)15-8-10-16(11-9-15)23-20(26)28-21(2,3)4/h5-12H,13H2,1-4H3,(H,22,24)(H,23,26). The molecule has 0 radical (unpaired) electrons. The summed E-state index contributed by atoms with van der Waals surface area (Å²) >= 11 is 0. The Bertz CT molecular complexity index is 854. The van der Waals surface area contributed by atoms with E-state index in [1.54, 1.807) is 39.0 Å². The predicted octanol–water partition coefficient (Wildman–Crippen LogP) is 4.14. The summed E-state index contributed by atoms with van der Waals surface area (Å²) in [5.41, 5.74) is 1.78. The zero-order chi connectivity index (χ0) is 20.7. The molecule has 0 heterocycles. The molecule has 2 aromatic carbocycles. The molecule has 7 nitrogen and oxygen atoms in total. The van der Waals surface area contributed by atoms with Crippen LogP contribution in [-0.4, -0.2) is 30.2 Å². The Labute approximate surface area is 164 Å². The van der Waals surface area contributed by atoms with E-state index in [4.69, 9.17) is 9.47 Å². The number of hydrogen-bond donors (Lipinski definition) is 2. The quantitative estimate of drug-likeness (QED) is 0.756. The summed E-state index contributed by atoms with van der Waals surface area (Å²) in [6.45, 7) is 6.81. The Balaban J connectivity index is 1.84. The summed E-state index contributed by atoms with van der Waals surface area (Å²) in [4.78, 5) is 35.7. The lowest BCUT2D eigenvalue weighted by Crippen LogP contribution is -2.27. The molecule has 0 atom stereocenters. The molecule has 0 aliphatic carbocycles. The minimum atomic E-state index is -0.636. The number of amides is 2. The van der Waals surface area contributed by atoms with Gasteiger partial charge in [-0.05, 0) is 69.7 Å². The van der Waals surface area contributed by atoms with Crippen LogP contribution in [0.2, 0.25) is 0 Å². The van der Waals surface area contributed by atoms with Crippen LogP contribution in [0.5, 0.6) is 0 Å². The first kappa shape index (κ1) is 21.0. The van der Waals surface area contributed by atoms with Gasteiger partial charge in [0.1, 0.15) is 5.60 Å². The SMILES string of the molecule is Cc1cccc(NC(=O)COC(=O)c2ccc(NC(=O)OC(C)(C)C)cc2)c1. The first-order valence-corrected chi connectivity index (χ1v) is 8.76. The first-order chi connectivity index (χ1) is 13.1. The lowest BCUT2D eigenvalue weighted by atomic mass is 10.2. The molecule has 2 rings (SSSR count). The van der Waals surface area contributed by atoms with E-state index in [-0.39, 0.29) is 5.56 Å². The van der Waals surface area contributed by atoms with E-state index in [1.807, 2.05) is 25.1 Å². The van der Waals surface area contributed by atoms with E-state index in [0.717, 1.165) is 5.56 Å². The lowest BCUT2D eigenvalue weighted by molar-refractivity contribution is -0.119. The number of carbonyl (C=O) groups excluding carboxylic acids is 3. The molecule has 148 valence electrons. The fourth-order valence-electron chi connectivity index (χ4n) is 2.25. The van der Waals surface area contributed by atoms with Crippen LogP contribution in [0.25, 0.3) is 0 Å². The van der Waals surface area contributed by atoms with Crippen LogP contribution in [0.3, 0.4) is 0 Å². The molecular formula is C21H24N2O5. The minimum absolute atomic E-state index is 0.262. The third-order valence-electron chi connectivity index (χ3n) is 3.40. The Morgan fingerprint density at radius 2 is 1.61 bits per heavy atom. The third-order valence-corrected chi connectivity index (χ3v) is 3.40. The van der Waals surface area contributed by atoms with Crippen molar-refractivity contribution in [2.45, 2.75) is 33.3 Å². The molecule has 28 heavy (non-hydrogen) atoms. The molecule has 0 fully saturated rings. The number of benzene rings is 2. The van der Waals surface area contributed by atoms with E-state index >= 15 is 0 Å². The Morgan fingerprint density at radius 1 is 0.929 bits per heavy atom. The van der Waals surface area contributed by atoms with Gasteiger partial charge in [-0.1, -0.05) is 12.1 Å². The average molecular weight is 384 g/mol. The molecule has 0 aromatic heterocycles. The van der Waals surface area contributed by atoms with Crippen LogP contribution in [0, 0.1) is 6.92 Å². The Hall–Kier alpha value is -3.35. The number of nitrogens with one attached hydrogen (secondary N) is 2. The largest absolute Gasteiger partial charge is 0.452 e. The highest BCUT2D eigenvalue weighted by molar-refractivity contribution is 5.96. The summed E-state index contributed by atoms with van der Waals surface area (Å²) in [6, 6.07) is 13.4. The number of hydrogen-bond acceptors (Lipinski definition) is 5. The maximum Gasteiger partial charge on any atom is 0.412 e. The van der Waals surface area contributed by atoms with Crippen molar-refractivity contribution in [3.8, 4) is 0 Å². The molecule has 0 saturated heterocycles. The van der Waals surface area contributed by atoms with Gasteiger partial charge in [-0.3, -0.25) is 10.1 Å². The molecule has 0 bridgehead atoms. The smallest absolute Gasteiger partial charge is 0.412 e. The van der Waals surface area contributed by atoms with Crippen molar-refractivity contribution < 1.29 is 23.9 Å². The second-order valence-corrected chi connectivity index (χ2v) is 7.20. The summed E-state index contributed by atoms with van der Waals surface area (Å²) in [7, 11) is 0. The second-order valence-electron chi connectivity index (χ2n) is 7.20. The van der Waals surface area contributed by atoms with Crippen molar-refractivity contribution >= 4 is 29.3 Å². The van der Waals surface area contributed by atoms with E-state index in [2.05, 4.69) is 10.6 Å². The summed E-state index contributed by atoms with van der Waals surface area (Å²) in [5, 5.41) is 5.23. The fourth-order valence-corrected chi connectivity index (χ4v) is 2.25. The number of aryl methyl sites for hydroxylation is 1. The highest BCUT2D eigenvalue weighted by Gasteiger charge is 2.16. The summed E-state index contributed by atoms with van der Waals surface area (Å²) in [6.07, 6.45) is -0.587. The zero-order valence-electron chi connectivity index (χ0n) is 16.4. The van der Waals surface area contributed by atoms with E-state index < -0.39 is 30.2 Å². The van der Waals surface area contributed by atoms with Crippen LogP contribution >= 0.6 is 0 Å². The van der Waals surface area contributed by atoms with Gasteiger partial charge in [0.2, 0.25) is 0 Å². The van der Waals surface area contributed by atoms with Gasteiger partial charge in [-0.15, -0.1) is 0 Å². The molecule has 0 spiro atoms. The van der Waals surface area contributed by atoms with Gasteiger partial charge in [0.25, 0.3) is 5.91 Å². The Kier molecular flexibility index (Phi) is 6.76. The maximum atomic E-state index is 12.1. The molecule has 7 heteroatoms. The molecule has 0 unspecified atom stereocenters. The third kappa shape index (κ3) is 7.11. The highest BCUT2D eigenvalue weighted by atomic mass is 16.6. The van der Waals surface area contributed by atoms with Gasteiger partial charge in [0, 0.05) is 11.4 Å². The van der Waals surface area contributed by atoms with Gasteiger partial charge in [0.05, 0.1) is 5.56 Å². The summed E-state index contributed by atoms with van der Waals surface area (Å²) < 4.78 is 10.2. The van der Waals surface area contributed by atoms with Gasteiger partial charge in [-0.2, -0.15) is 0 Å². The summed E-state index contributed by atoms with van der Waals surface area (Å²) in [5.74, 6) is -1.06. The van der Waals surface area contributed by atoms with Crippen LogP contribution in [0.1, 0.15) is 36.7 Å². The number of esters is 1. The van der Waals surface area contributed by atoms with E-state index in [9.17, 15) is 14.4 Å². The van der Waals surface area contributed by atoms with Gasteiger partial charge >= 0.3 is 12.1 Å². The minimum Gasteiger partial charge on any atom is -0.452 e. The maximum absolute atomic E-state index is 12.1. The lowest BCUT2D eigenvalue weighted by Gasteiger charge is -2.19. The first-order valence-electron chi connectivity index (χ1n) is 8.76. The number of carbonyl (C=O) groups is 3. The van der Waals surface area contributed by atoms with Crippen LogP contribution in [0.15, 0.2) is 48.5 Å². The molecule has 2 aromatic rings. The van der Waals surface area contributed by atoms with Crippen LogP contribution < -0.4 is 10.6 Å². The monoisotopic (exact) mass is 384 g/mol. The van der Waals surface area contributed by atoms with Crippen molar-refractivity contribution in [3.63, 3.8) is 0 Å². The van der Waals surface area contributed by atoms with Crippen LogP contribution in [0.4, 0.5) is 16.2 Å². The number of rotatable bonds is 5. The molecule has 0 aliphatic heterocycles. The van der Waals surface area contributed by atoms with Crippen molar-refractivity contribution in [1.82, 2.24) is 0 Å². The highest BCUT2D eigenvalue weighted by Crippen LogP contribution is 2.14. The molecule has 2 N–H and O–H groups in total. The van der Waals surface area contributed by atoms with Crippen LogP contribution in [-0.2, 0) is 14.3 Å². The van der Waals surface area contributed by atoms with E-state index in [0.29, 0.717) is 11.4 Å². The fraction of sp³-hybridized carbons (Fsp3) is 0.286. The van der Waals surface area contributed by atoms with Gasteiger partial charge in [0.15, 0.2) is 6.61 Å². The predicted molar refractivity (Wildman–Crippen MR) is 106 cm³/mol. The molecule has 0 saturated carbocycles. The Morgan fingerprint density at radius 3 is 2.21 bits per heavy atom. The molecule has 2 amide bonds. The zero-order valence-corrected chi connectivity index (χ0v) is 16.4. The molecule has 0 aliphatic rings. The normalized spacial score (nSPS) is 10.7. The van der Waals surface area contributed by atoms with Crippen molar-refractivity contribution in [1.29, 1.82) is 0 Å². The molecular weight excluding hydrogens is 360 g/mol. The number of anilines is 2. The average Bonchev–Trinajstić information content (AvgIpc) is 2.58. The van der Waals surface area contributed by atoms with Crippen molar-refractivity contribution in [2.75, 3.05) is 17.2 Å². The van der Waals surface area contributed by atoms with Gasteiger partial charge < -0.3 is 14.8 Å². The topological polar surface area (TPSA) is 93.7 Å². The van der Waals surface area contributed by atoms with E-state index in [1.165, 1.54) is 12.1 Å².